The van der Waals surface area contributed by atoms with E-state index in [1.807, 2.05) is 0 Å². The zero-order valence-electron chi connectivity index (χ0n) is 9.08. The molecule has 0 bridgehead atoms. The third-order valence-electron chi connectivity index (χ3n) is 1.92. The number of hydrogen-bond acceptors (Lipinski definition) is 4. The molecule has 0 aromatic carbocycles. The Labute approximate surface area is 89.7 Å². The first kappa shape index (κ1) is 11.5. The highest BCUT2D eigenvalue weighted by Crippen LogP contribution is 2.18. The van der Waals surface area contributed by atoms with Crippen molar-refractivity contribution in [1.82, 2.24) is 4.98 Å². The fraction of sp³-hybridized carbons (Fsp3) is 0.700. The lowest BCUT2D eigenvalue weighted by Gasteiger charge is -2.06. The van der Waals surface area contributed by atoms with E-state index in [0.29, 0.717) is 12.0 Å². The average molecular weight is 213 g/mol. The minimum Gasteiger partial charge on any atom is -0.359 e. The summed E-state index contributed by atoms with van der Waals surface area (Å²) in [7, 11) is 0. The van der Waals surface area contributed by atoms with Gasteiger partial charge in [-0.25, -0.2) is 4.98 Å². The van der Waals surface area contributed by atoms with Crippen LogP contribution in [0.4, 0.5) is 5.13 Å². The van der Waals surface area contributed by atoms with Crippen LogP contribution in [0.25, 0.3) is 0 Å². The predicted octanol–water partition coefficient (Wildman–Crippen LogP) is 2.10. The van der Waals surface area contributed by atoms with Crippen molar-refractivity contribution >= 4 is 16.5 Å². The predicted molar refractivity (Wildman–Crippen MR) is 62.8 cm³/mol. The Balaban J connectivity index is 2.50. The molecule has 1 heterocycles. The molecular weight excluding hydrogens is 194 g/mol. The lowest BCUT2D eigenvalue weighted by molar-refractivity contribution is 0.586. The monoisotopic (exact) mass is 213 g/mol. The van der Waals surface area contributed by atoms with Crippen molar-refractivity contribution in [3.8, 4) is 0 Å². The van der Waals surface area contributed by atoms with Gasteiger partial charge in [0, 0.05) is 11.4 Å². The summed E-state index contributed by atoms with van der Waals surface area (Å²) >= 11 is 1.67. The van der Waals surface area contributed by atoms with Gasteiger partial charge in [0.1, 0.15) is 0 Å². The van der Waals surface area contributed by atoms with Crippen molar-refractivity contribution in [2.24, 2.45) is 11.7 Å². The molecule has 0 radical (unpaired) electrons. The van der Waals surface area contributed by atoms with Gasteiger partial charge in [0.05, 0.1) is 5.69 Å². The van der Waals surface area contributed by atoms with Crippen LogP contribution >= 0.6 is 11.3 Å². The Morgan fingerprint density at radius 3 is 2.79 bits per heavy atom. The van der Waals surface area contributed by atoms with Crippen LogP contribution in [-0.2, 0) is 6.42 Å². The minimum atomic E-state index is 0.445. The van der Waals surface area contributed by atoms with Crippen LogP contribution < -0.4 is 11.1 Å². The van der Waals surface area contributed by atoms with Crippen LogP contribution in [0.3, 0.4) is 0 Å². The Morgan fingerprint density at radius 1 is 1.50 bits per heavy atom. The lowest BCUT2D eigenvalue weighted by atomic mass is 10.1. The number of rotatable bonds is 5. The lowest BCUT2D eigenvalue weighted by Crippen LogP contribution is -2.13. The summed E-state index contributed by atoms with van der Waals surface area (Å²) in [6.45, 7) is 7.10. The second-order valence-corrected chi connectivity index (χ2v) is 4.85. The standard InChI is InChI=1S/C10H19N3S/c1-7(2)12-10-13-9(6-14-10)4-8(3)5-11/h6-8H,4-5,11H2,1-3H3,(H,12,13). The maximum atomic E-state index is 5.57. The molecule has 0 amide bonds. The first-order chi connectivity index (χ1) is 6.61. The molecule has 0 aliphatic rings. The van der Waals surface area contributed by atoms with E-state index in [0.717, 1.165) is 23.8 Å². The maximum absolute atomic E-state index is 5.57. The first-order valence-corrected chi connectivity index (χ1v) is 5.90. The summed E-state index contributed by atoms with van der Waals surface area (Å²) in [6.07, 6.45) is 0.979. The molecule has 80 valence electrons. The summed E-state index contributed by atoms with van der Waals surface area (Å²) in [5, 5.41) is 6.41. The van der Waals surface area contributed by atoms with Crippen LogP contribution in [0.15, 0.2) is 5.38 Å². The van der Waals surface area contributed by atoms with Crippen LogP contribution in [0.5, 0.6) is 0 Å². The molecule has 14 heavy (non-hydrogen) atoms. The fourth-order valence-electron chi connectivity index (χ4n) is 1.15. The number of anilines is 1. The van der Waals surface area contributed by atoms with Gasteiger partial charge in [-0.1, -0.05) is 6.92 Å². The Bertz CT molecular complexity index is 270. The topological polar surface area (TPSA) is 50.9 Å². The molecule has 0 saturated heterocycles. The summed E-state index contributed by atoms with van der Waals surface area (Å²) in [4.78, 5) is 4.49. The van der Waals surface area contributed by atoms with Gasteiger partial charge in [0.15, 0.2) is 5.13 Å². The molecule has 4 heteroatoms. The zero-order valence-corrected chi connectivity index (χ0v) is 9.90. The second-order valence-electron chi connectivity index (χ2n) is 3.99. The number of nitrogens with two attached hydrogens (primary N) is 1. The normalized spacial score (nSPS) is 13.2. The fourth-order valence-corrected chi connectivity index (χ4v) is 2.02. The largest absolute Gasteiger partial charge is 0.359 e. The van der Waals surface area contributed by atoms with E-state index in [-0.39, 0.29) is 0 Å². The minimum absolute atomic E-state index is 0.445. The van der Waals surface area contributed by atoms with Crippen molar-refractivity contribution in [3.63, 3.8) is 0 Å². The van der Waals surface area contributed by atoms with Crippen LogP contribution in [0.1, 0.15) is 26.5 Å². The summed E-state index contributed by atoms with van der Waals surface area (Å²) in [5.41, 5.74) is 6.72. The molecule has 3 nitrogen and oxygen atoms in total. The molecule has 1 aromatic rings. The zero-order chi connectivity index (χ0) is 10.6. The second kappa shape index (κ2) is 5.32. The third kappa shape index (κ3) is 3.64. The smallest absolute Gasteiger partial charge is 0.183 e. The van der Waals surface area contributed by atoms with Crippen molar-refractivity contribution in [2.75, 3.05) is 11.9 Å². The highest BCUT2D eigenvalue weighted by Gasteiger charge is 2.06. The Kier molecular flexibility index (Phi) is 4.35. The summed E-state index contributed by atoms with van der Waals surface area (Å²) in [5.74, 6) is 0.518. The highest BCUT2D eigenvalue weighted by atomic mass is 32.1. The number of aromatic nitrogens is 1. The number of nitrogens with zero attached hydrogens (tertiary/aromatic N) is 1. The van der Waals surface area contributed by atoms with Crippen LogP contribution in [0, 0.1) is 5.92 Å². The number of hydrogen-bond donors (Lipinski definition) is 2. The van der Waals surface area contributed by atoms with Crippen molar-refractivity contribution in [2.45, 2.75) is 33.2 Å². The summed E-state index contributed by atoms with van der Waals surface area (Å²) in [6, 6.07) is 0.445. The Morgan fingerprint density at radius 2 is 2.21 bits per heavy atom. The van der Waals surface area contributed by atoms with Gasteiger partial charge < -0.3 is 11.1 Å². The maximum Gasteiger partial charge on any atom is 0.183 e. The van der Waals surface area contributed by atoms with Gasteiger partial charge in [-0.15, -0.1) is 11.3 Å². The molecule has 3 N–H and O–H groups in total. The van der Waals surface area contributed by atoms with Crippen molar-refractivity contribution in [1.29, 1.82) is 0 Å². The van der Waals surface area contributed by atoms with E-state index in [1.165, 1.54) is 0 Å². The molecule has 1 atom stereocenters. The number of thiazole rings is 1. The van der Waals surface area contributed by atoms with E-state index in [1.54, 1.807) is 11.3 Å². The molecule has 1 rings (SSSR count). The van der Waals surface area contributed by atoms with Crippen LogP contribution in [-0.4, -0.2) is 17.6 Å². The average Bonchev–Trinajstić information content (AvgIpc) is 2.51. The SMILES string of the molecule is CC(CN)Cc1csc(NC(C)C)n1. The molecule has 0 spiro atoms. The summed E-state index contributed by atoms with van der Waals surface area (Å²) < 4.78 is 0. The van der Waals surface area contributed by atoms with Gasteiger partial charge in [0.2, 0.25) is 0 Å². The Hall–Kier alpha value is -0.610. The molecule has 0 aliphatic carbocycles. The van der Waals surface area contributed by atoms with Gasteiger partial charge in [-0.05, 0) is 32.7 Å². The molecule has 0 aliphatic heterocycles. The first-order valence-electron chi connectivity index (χ1n) is 5.02. The quantitative estimate of drug-likeness (QED) is 0.787. The van der Waals surface area contributed by atoms with E-state index in [2.05, 4.69) is 36.5 Å². The van der Waals surface area contributed by atoms with Gasteiger partial charge in [0.25, 0.3) is 0 Å². The molecule has 1 unspecified atom stereocenters. The van der Waals surface area contributed by atoms with Crippen molar-refractivity contribution < 1.29 is 0 Å². The highest BCUT2D eigenvalue weighted by molar-refractivity contribution is 7.13. The van der Waals surface area contributed by atoms with Gasteiger partial charge >= 0.3 is 0 Å². The van der Waals surface area contributed by atoms with Crippen LogP contribution in [0.2, 0.25) is 0 Å². The van der Waals surface area contributed by atoms with Crippen molar-refractivity contribution in [3.05, 3.63) is 11.1 Å². The molecule has 0 saturated carbocycles. The van der Waals surface area contributed by atoms with Gasteiger partial charge in [-0.3, -0.25) is 0 Å². The molecular formula is C10H19N3S. The van der Waals surface area contributed by atoms with Gasteiger partial charge in [-0.2, -0.15) is 0 Å². The number of nitrogens with one attached hydrogen (secondary N) is 1. The van der Waals surface area contributed by atoms with E-state index in [4.69, 9.17) is 5.73 Å². The molecule has 0 fully saturated rings. The molecule has 1 aromatic heterocycles. The van der Waals surface area contributed by atoms with E-state index < -0.39 is 0 Å². The third-order valence-corrected chi connectivity index (χ3v) is 2.75. The van der Waals surface area contributed by atoms with E-state index in [9.17, 15) is 0 Å². The van der Waals surface area contributed by atoms with E-state index >= 15 is 0 Å².